The van der Waals surface area contributed by atoms with Gasteiger partial charge in [0.15, 0.2) is 4.88 Å². The van der Waals surface area contributed by atoms with Crippen molar-refractivity contribution in [1.29, 1.82) is 0 Å². The topological polar surface area (TPSA) is 61.3 Å². The molecule has 1 unspecified atom stereocenters. The van der Waals surface area contributed by atoms with Gasteiger partial charge in [0.1, 0.15) is 11.4 Å². The van der Waals surface area contributed by atoms with Crippen molar-refractivity contribution in [1.82, 2.24) is 9.59 Å². The molecule has 20 heavy (non-hydrogen) atoms. The molecule has 5 nitrogen and oxygen atoms in total. The highest BCUT2D eigenvalue weighted by Crippen LogP contribution is 2.26. The van der Waals surface area contributed by atoms with E-state index in [1.807, 2.05) is 38.1 Å². The van der Waals surface area contributed by atoms with Crippen LogP contribution in [-0.4, -0.2) is 28.8 Å². The van der Waals surface area contributed by atoms with Crippen LogP contribution in [0.3, 0.4) is 0 Å². The summed E-state index contributed by atoms with van der Waals surface area (Å²) in [5.74, 6) is 0.376. The van der Waals surface area contributed by atoms with Crippen LogP contribution >= 0.6 is 11.5 Å². The summed E-state index contributed by atoms with van der Waals surface area (Å²) in [6.07, 6.45) is 0.656. The van der Waals surface area contributed by atoms with Gasteiger partial charge in [-0.15, -0.1) is 5.10 Å². The summed E-state index contributed by atoms with van der Waals surface area (Å²) in [5, 5.41) is 4.02. The Morgan fingerprint density at radius 1 is 1.35 bits per heavy atom. The first-order valence-corrected chi connectivity index (χ1v) is 7.10. The summed E-state index contributed by atoms with van der Waals surface area (Å²) >= 11 is 1.05. The van der Waals surface area contributed by atoms with Crippen LogP contribution < -0.4 is 4.74 Å². The lowest BCUT2D eigenvalue weighted by atomic mass is 10.1. The Hall–Kier alpha value is -1.95. The average Bonchev–Trinajstić information content (AvgIpc) is 2.96. The molecule has 0 spiro atoms. The van der Waals surface area contributed by atoms with Crippen LogP contribution in [0.15, 0.2) is 24.3 Å². The molecule has 0 radical (unpaired) electrons. The molecule has 0 amide bonds. The van der Waals surface area contributed by atoms with Crippen LogP contribution in [0.1, 0.15) is 29.9 Å². The second-order valence-electron chi connectivity index (χ2n) is 4.30. The zero-order valence-electron chi connectivity index (χ0n) is 11.6. The molecule has 1 atom stereocenters. The van der Waals surface area contributed by atoms with Crippen LogP contribution in [0.5, 0.6) is 5.75 Å². The first-order valence-electron chi connectivity index (χ1n) is 6.33. The van der Waals surface area contributed by atoms with E-state index in [-0.39, 0.29) is 12.1 Å². The predicted molar refractivity (Wildman–Crippen MR) is 77.1 cm³/mol. The Kier molecular flexibility index (Phi) is 4.68. The van der Waals surface area contributed by atoms with Gasteiger partial charge in [-0.05, 0) is 49.1 Å². The smallest absolute Gasteiger partial charge is 0.352 e. The van der Waals surface area contributed by atoms with Crippen LogP contribution in [0.4, 0.5) is 0 Å². The van der Waals surface area contributed by atoms with E-state index in [1.54, 1.807) is 7.11 Å². The van der Waals surface area contributed by atoms with Gasteiger partial charge in [0.05, 0.1) is 13.2 Å². The maximum atomic E-state index is 12.1. The highest BCUT2D eigenvalue weighted by Gasteiger charge is 2.20. The van der Waals surface area contributed by atoms with Crippen molar-refractivity contribution in [3.8, 4) is 17.0 Å². The number of carbonyl (C=O) groups is 1. The average molecular weight is 292 g/mol. The van der Waals surface area contributed by atoms with Gasteiger partial charge in [0.25, 0.3) is 0 Å². The number of carbonyl (C=O) groups excluding carboxylic acids is 1. The van der Waals surface area contributed by atoms with Crippen molar-refractivity contribution < 1.29 is 14.3 Å². The fourth-order valence-electron chi connectivity index (χ4n) is 1.58. The number of rotatable bonds is 5. The molecule has 2 aromatic rings. The number of ether oxygens (including phenoxy) is 2. The highest BCUT2D eigenvalue weighted by atomic mass is 32.1. The molecule has 0 saturated carbocycles. The summed E-state index contributed by atoms with van der Waals surface area (Å²) in [7, 11) is 1.61. The third-order valence-corrected chi connectivity index (χ3v) is 3.63. The normalized spacial score (nSPS) is 11.9. The highest BCUT2D eigenvalue weighted by molar-refractivity contribution is 7.08. The van der Waals surface area contributed by atoms with E-state index in [1.165, 1.54) is 0 Å². The molecule has 0 aliphatic carbocycles. The van der Waals surface area contributed by atoms with Crippen molar-refractivity contribution in [3.63, 3.8) is 0 Å². The zero-order valence-corrected chi connectivity index (χ0v) is 12.4. The van der Waals surface area contributed by atoms with Crippen molar-refractivity contribution in [3.05, 3.63) is 29.1 Å². The molecule has 6 heteroatoms. The number of aromatic nitrogens is 2. The second kappa shape index (κ2) is 6.47. The lowest BCUT2D eigenvalue weighted by Gasteiger charge is -2.10. The predicted octanol–water partition coefficient (Wildman–Crippen LogP) is 3.17. The maximum absolute atomic E-state index is 12.1. The molecule has 1 aromatic heterocycles. The molecule has 106 valence electrons. The molecule has 0 fully saturated rings. The fraction of sp³-hybridized carbons (Fsp3) is 0.357. The van der Waals surface area contributed by atoms with Gasteiger partial charge in [-0.25, -0.2) is 4.79 Å². The molecular formula is C14H16N2O3S. The minimum atomic E-state index is -0.375. The lowest BCUT2D eigenvalue weighted by Crippen LogP contribution is -2.13. The van der Waals surface area contributed by atoms with Gasteiger partial charge >= 0.3 is 5.97 Å². The quantitative estimate of drug-likeness (QED) is 0.792. The van der Waals surface area contributed by atoms with E-state index >= 15 is 0 Å². The fourth-order valence-corrected chi connectivity index (χ4v) is 2.15. The van der Waals surface area contributed by atoms with E-state index in [9.17, 15) is 4.79 Å². The van der Waals surface area contributed by atoms with Crippen molar-refractivity contribution in [2.24, 2.45) is 0 Å². The summed E-state index contributed by atoms with van der Waals surface area (Å²) in [6.45, 7) is 3.83. The van der Waals surface area contributed by atoms with Gasteiger partial charge in [0, 0.05) is 5.56 Å². The van der Waals surface area contributed by atoms with E-state index in [0.717, 1.165) is 29.3 Å². The standard InChI is InChI=1S/C14H16N2O3S/c1-4-9(2)19-14(17)13-12(15-16-20-13)10-5-7-11(18-3)8-6-10/h5-9H,4H2,1-3H3. The van der Waals surface area contributed by atoms with Gasteiger partial charge in [-0.1, -0.05) is 11.4 Å². The number of hydrogen-bond acceptors (Lipinski definition) is 6. The molecule has 0 N–H and O–H groups in total. The van der Waals surface area contributed by atoms with Crippen LogP contribution in [0.25, 0.3) is 11.3 Å². The first kappa shape index (κ1) is 14.5. The van der Waals surface area contributed by atoms with E-state index in [4.69, 9.17) is 9.47 Å². The Morgan fingerprint density at radius 2 is 2.05 bits per heavy atom. The molecular weight excluding hydrogens is 276 g/mol. The summed E-state index contributed by atoms with van der Waals surface area (Å²) < 4.78 is 14.3. The minimum Gasteiger partial charge on any atom is -0.497 e. The van der Waals surface area contributed by atoms with Crippen LogP contribution in [0.2, 0.25) is 0 Å². The van der Waals surface area contributed by atoms with Gasteiger partial charge < -0.3 is 9.47 Å². The SMILES string of the molecule is CCC(C)OC(=O)c1snnc1-c1ccc(OC)cc1. The molecule has 2 rings (SSSR count). The molecule has 1 aromatic carbocycles. The molecule has 0 saturated heterocycles. The van der Waals surface area contributed by atoms with E-state index in [0.29, 0.717) is 10.6 Å². The first-order chi connectivity index (χ1) is 9.65. The number of benzene rings is 1. The number of nitrogens with zero attached hydrogens (tertiary/aromatic N) is 2. The molecule has 0 aliphatic heterocycles. The third-order valence-electron chi connectivity index (χ3n) is 2.92. The summed E-state index contributed by atoms with van der Waals surface area (Å²) in [4.78, 5) is 12.5. The minimum absolute atomic E-state index is 0.117. The number of hydrogen-bond donors (Lipinski definition) is 0. The van der Waals surface area contributed by atoms with Crippen LogP contribution in [0, 0.1) is 0 Å². The van der Waals surface area contributed by atoms with E-state index in [2.05, 4.69) is 9.59 Å². The molecule has 0 bridgehead atoms. The van der Waals surface area contributed by atoms with Crippen molar-refractivity contribution in [2.75, 3.05) is 7.11 Å². The van der Waals surface area contributed by atoms with E-state index < -0.39 is 0 Å². The van der Waals surface area contributed by atoms with Gasteiger partial charge in [-0.2, -0.15) is 0 Å². The summed E-state index contributed by atoms with van der Waals surface area (Å²) in [5.41, 5.74) is 1.36. The number of methoxy groups -OCH3 is 1. The Bertz CT molecular complexity index is 580. The molecule has 0 aliphatic rings. The lowest BCUT2D eigenvalue weighted by molar-refractivity contribution is 0.0341. The largest absolute Gasteiger partial charge is 0.497 e. The Morgan fingerprint density at radius 3 is 2.65 bits per heavy atom. The molecule has 1 heterocycles. The van der Waals surface area contributed by atoms with Gasteiger partial charge in [0.2, 0.25) is 0 Å². The Labute approximate surface area is 121 Å². The second-order valence-corrected chi connectivity index (χ2v) is 5.06. The Balaban J connectivity index is 2.25. The summed E-state index contributed by atoms with van der Waals surface area (Å²) in [6, 6.07) is 7.32. The van der Waals surface area contributed by atoms with Crippen LogP contribution in [-0.2, 0) is 4.74 Å². The zero-order chi connectivity index (χ0) is 14.5. The van der Waals surface area contributed by atoms with Crippen molar-refractivity contribution in [2.45, 2.75) is 26.4 Å². The third kappa shape index (κ3) is 3.14. The monoisotopic (exact) mass is 292 g/mol. The maximum Gasteiger partial charge on any atom is 0.352 e. The van der Waals surface area contributed by atoms with Gasteiger partial charge in [-0.3, -0.25) is 0 Å². The number of esters is 1. The van der Waals surface area contributed by atoms with Crippen molar-refractivity contribution >= 4 is 17.5 Å².